The van der Waals surface area contributed by atoms with Crippen molar-refractivity contribution in [2.24, 2.45) is 11.7 Å². The van der Waals surface area contributed by atoms with Crippen LogP contribution in [0.5, 0.6) is 0 Å². The summed E-state index contributed by atoms with van der Waals surface area (Å²) in [6.07, 6.45) is 6.92. The third-order valence-electron chi connectivity index (χ3n) is 3.61. The van der Waals surface area contributed by atoms with E-state index in [0.717, 1.165) is 30.4 Å². The molecule has 1 saturated heterocycles. The van der Waals surface area contributed by atoms with Gasteiger partial charge in [-0.25, -0.2) is 0 Å². The Morgan fingerprint density at radius 3 is 2.82 bits per heavy atom. The summed E-state index contributed by atoms with van der Waals surface area (Å²) in [5.41, 5.74) is 6.84. The molecule has 0 aliphatic carbocycles. The smallest absolute Gasteiger partial charge is 0.155 e. The molecule has 4 nitrogen and oxygen atoms in total. The van der Waals surface area contributed by atoms with Crippen LogP contribution >= 0.6 is 0 Å². The molecule has 0 amide bonds. The Hall–Kier alpha value is -1.16. The third-order valence-corrected chi connectivity index (χ3v) is 3.61. The highest BCUT2D eigenvalue weighted by Crippen LogP contribution is 2.26. The van der Waals surface area contributed by atoms with E-state index < -0.39 is 0 Å². The van der Waals surface area contributed by atoms with Gasteiger partial charge >= 0.3 is 0 Å². The Kier molecular flexibility index (Phi) is 4.31. The van der Waals surface area contributed by atoms with Gasteiger partial charge in [-0.2, -0.15) is 5.10 Å². The number of hydrogen-bond acceptors (Lipinski definition) is 4. The molecular weight excluding hydrogens is 212 g/mol. The summed E-state index contributed by atoms with van der Waals surface area (Å²) in [6, 6.07) is 1.97. The molecule has 4 heteroatoms. The maximum absolute atomic E-state index is 5.74. The Labute approximate surface area is 103 Å². The summed E-state index contributed by atoms with van der Waals surface area (Å²) in [6.45, 7) is 4.99. The Bertz CT molecular complexity index is 345. The van der Waals surface area contributed by atoms with Crippen LogP contribution < -0.4 is 10.6 Å². The van der Waals surface area contributed by atoms with Crippen molar-refractivity contribution in [2.75, 3.05) is 18.0 Å². The molecular formula is C13H22N4. The van der Waals surface area contributed by atoms with E-state index in [2.05, 4.69) is 22.0 Å². The van der Waals surface area contributed by atoms with Gasteiger partial charge in [0.2, 0.25) is 0 Å². The number of nitrogens with zero attached hydrogens (tertiary/aromatic N) is 3. The van der Waals surface area contributed by atoms with Crippen LogP contribution in [0, 0.1) is 5.92 Å². The molecule has 1 aliphatic rings. The lowest BCUT2D eigenvalue weighted by Crippen LogP contribution is -2.35. The molecule has 0 unspecified atom stereocenters. The minimum atomic E-state index is 0.541. The first-order chi connectivity index (χ1) is 8.35. The lowest BCUT2D eigenvalue weighted by Gasteiger charge is -2.33. The number of anilines is 1. The van der Waals surface area contributed by atoms with Crippen molar-refractivity contribution in [2.45, 2.75) is 39.2 Å². The molecule has 0 spiro atoms. The van der Waals surface area contributed by atoms with Crippen molar-refractivity contribution in [3.05, 3.63) is 17.8 Å². The molecule has 0 bridgehead atoms. The van der Waals surface area contributed by atoms with Crippen LogP contribution in [0.2, 0.25) is 0 Å². The molecule has 17 heavy (non-hydrogen) atoms. The molecule has 0 saturated carbocycles. The van der Waals surface area contributed by atoms with Crippen molar-refractivity contribution in [1.29, 1.82) is 0 Å². The highest BCUT2D eigenvalue weighted by Gasteiger charge is 2.21. The van der Waals surface area contributed by atoms with E-state index in [4.69, 9.17) is 5.73 Å². The topological polar surface area (TPSA) is 55.0 Å². The summed E-state index contributed by atoms with van der Waals surface area (Å²) in [4.78, 5) is 2.33. The minimum absolute atomic E-state index is 0.541. The van der Waals surface area contributed by atoms with Crippen LogP contribution in [0.15, 0.2) is 12.3 Å². The highest BCUT2D eigenvalue weighted by atomic mass is 15.3. The zero-order chi connectivity index (χ0) is 12.1. The Morgan fingerprint density at radius 2 is 2.18 bits per heavy atom. The van der Waals surface area contributed by atoms with E-state index in [-0.39, 0.29) is 0 Å². The van der Waals surface area contributed by atoms with Gasteiger partial charge in [-0.15, -0.1) is 5.10 Å². The van der Waals surface area contributed by atoms with E-state index in [0.29, 0.717) is 6.54 Å². The fourth-order valence-electron chi connectivity index (χ4n) is 2.62. The maximum Gasteiger partial charge on any atom is 0.155 e. The molecule has 0 radical (unpaired) electrons. The number of rotatable bonds is 4. The second-order valence-electron chi connectivity index (χ2n) is 4.80. The van der Waals surface area contributed by atoms with Gasteiger partial charge in [0.1, 0.15) is 0 Å². The Balaban J connectivity index is 2.00. The standard InChI is InChI=1S/C13H22N4/c1-2-3-11-5-8-17(9-6-11)13-12(10-14)4-7-15-16-13/h4,7,11H,2-3,5-6,8-10,14H2,1H3. The van der Waals surface area contributed by atoms with Crippen LogP contribution in [0.25, 0.3) is 0 Å². The first-order valence-corrected chi connectivity index (χ1v) is 6.60. The zero-order valence-corrected chi connectivity index (χ0v) is 10.6. The van der Waals surface area contributed by atoms with Crippen LogP contribution in [-0.2, 0) is 6.54 Å². The number of hydrogen-bond donors (Lipinski definition) is 1. The van der Waals surface area contributed by atoms with Gasteiger partial charge in [-0.3, -0.25) is 0 Å². The first-order valence-electron chi connectivity index (χ1n) is 6.60. The molecule has 0 aromatic carbocycles. The van der Waals surface area contributed by atoms with Gasteiger partial charge in [0.05, 0.1) is 6.20 Å². The van der Waals surface area contributed by atoms with Crippen LogP contribution in [0.4, 0.5) is 5.82 Å². The minimum Gasteiger partial charge on any atom is -0.355 e. The molecule has 1 fully saturated rings. The molecule has 1 aromatic heterocycles. The molecule has 94 valence electrons. The van der Waals surface area contributed by atoms with Crippen molar-refractivity contribution in [1.82, 2.24) is 10.2 Å². The van der Waals surface area contributed by atoms with E-state index in [9.17, 15) is 0 Å². The lowest BCUT2D eigenvalue weighted by atomic mass is 9.92. The van der Waals surface area contributed by atoms with E-state index in [1.165, 1.54) is 25.7 Å². The van der Waals surface area contributed by atoms with Gasteiger partial charge in [0, 0.05) is 25.2 Å². The van der Waals surface area contributed by atoms with Crippen LogP contribution in [0.3, 0.4) is 0 Å². The van der Waals surface area contributed by atoms with E-state index in [1.54, 1.807) is 6.20 Å². The average molecular weight is 234 g/mol. The predicted octanol–water partition coefficient (Wildman–Crippen LogP) is 1.95. The van der Waals surface area contributed by atoms with Gasteiger partial charge in [0.25, 0.3) is 0 Å². The quantitative estimate of drug-likeness (QED) is 0.865. The summed E-state index contributed by atoms with van der Waals surface area (Å²) in [5.74, 6) is 1.89. The lowest BCUT2D eigenvalue weighted by molar-refractivity contribution is 0.376. The monoisotopic (exact) mass is 234 g/mol. The van der Waals surface area contributed by atoms with Crippen molar-refractivity contribution < 1.29 is 0 Å². The largest absolute Gasteiger partial charge is 0.355 e. The second kappa shape index (κ2) is 5.96. The number of aromatic nitrogens is 2. The van der Waals surface area contributed by atoms with E-state index >= 15 is 0 Å². The van der Waals surface area contributed by atoms with Crippen LogP contribution in [-0.4, -0.2) is 23.3 Å². The second-order valence-corrected chi connectivity index (χ2v) is 4.80. The van der Waals surface area contributed by atoms with Gasteiger partial charge in [-0.1, -0.05) is 19.8 Å². The highest BCUT2D eigenvalue weighted by molar-refractivity contribution is 5.45. The van der Waals surface area contributed by atoms with Crippen LogP contribution in [0.1, 0.15) is 38.2 Å². The fraction of sp³-hybridized carbons (Fsp3) is 0.692. The molecule has 1 aromatic rings. The molecule has 0 atom stereocenters. The summed E-state index contributed by atoms with van der Waals surface area (Å²) < 4.78 is 0. The molecule has 1 aliphatic heterocycles. The van der Waals surface area contributed by atoms with Gasteiger partial charge < -0.3 is 10.6 Å². The van der Waals surface area contributed by atoms with Crippen molar-refractivity contribution in [3.8, 4) is 0 Å². The van der Waals surface area contributed by atoms with Crippen molar-refractivity contribution >= 4 is 5.82 Å². The first kappa shape index (κ1) is 12.3. The van der Waals surface area contributed by atoms with Crippen molar-refractivity contribution in [3.63, 3.8) is 0 Å². The third kappa shape index (κ3) is 2.94. The normalized spacial score (nSPS) is 17.4. The fourth-order valence-corrected chi connectivity index (χ4v) is 2.62. The summed E-state index contributed by atoms with van der Waals surface area (Å²) in [7, 11) is 0. The molecule has 2 heterocycles. The number of piperidine rings is 1. The molecule has 2 rings (SSSR count). The van der Waals surface area contributed by atoms with Gasteiger partial charge in [0.15, 0.2) is 5.82 Å². The van der Waals surface area contributed by atoms with Gasteiger partial charge in [-0.05, 0) is 24.8 Å². The summed E-state index contributed by atoms with van der Waals surface area (Å²) >= 11 is 0. The number of nitrogens with two attached hydrogens (primary N) is 1. The Morgan fingerprint density at radius 1 is 1.41 bits per heavy atom. The SMILES string of the molecule is CCCC1CCN(c2nnccc2CN)CC1. The average Bonchev–Trinajstić information content (AvgIpc) is 2.40. The molecule has 2 N–H and O–H groups in total. The maximum atomic E-state index is 5.74. The van der Waals surface area contributed by atoms with E-state index in [1.807, 2.05) is 6.07 Å². The predicted molar refractivity (Wildman–Crippen MR) is 69.8 cm³/mol. The summed E-state index contributed by atoms with van der Waals surface area (Å²) in [5, 5.41) is 8.22. The zero-order valence-electron chi connectivity index (χ0n) is 10.6.